The maximum Gasteiger partial charge on any atom is 0.120 e. The number of fused-ring (bicyclic) bond motifs is 1. The van der Waals surface area contributed by atoms with Crippen molar-refractivity contribution < 1.29 is 37.4 Å². The molecule has 1 heterocycles. The van der Waals surface area contributed by atoms with E-state index in [2.05, 4.69) is 99.2 Å². The second kappa shape index (κ2) is 14.2. The zero-order chi connectivity index (χ0) is 23.7. The molecule has 5 rings (SSSR count). The molecule has 2 aliphatic rings. The molecule has 1 radical (unpaired) electrons. The summed E-state index contributed by atoms with van der Waals surface area (Å²) >= 11 is 0. The van der Waals surface area contributed by atoms with Crippen molar-refractivity contribution >= 4 is 0 Å². The minimum atomic E-state index is -0.176. The van der Waals surface area contributed by atoms with Crippen LogP contribution in [0.15, 0.2) is 72.8 Å². The summed E-state index contributed by atoms with van der Waals surface area (Å²) in [5.41, 5.74) is 5.47. The summed E-state index contributed by atoms with van der Waals surface area (Å²) in [5.74, 6) is 1.84. The van der Waals surface area contributed by atoms with Gasteiger partial charge in [0.15, 0.2) is 0 Å². The van der Waals surface area contributed by atoms with Crippen LogP contribution in [0.1, 0.15) is 75.1 Å². The molecule has 0 aromatic heterocycles. The fourth-order valence-electron chi connectivity index (χ4n) is 4.44. The second-order valence-corrected chi connectivity index (χ2v) is 9.39. The summed E-state index contributed by atoms with van der Waals surface area (Å²) in [7, 11) is 0. The van der Waals surface area contributed by atoms with Gasteiger partial charge in [-0.25, -0.2) is 0 Å². The van der Waals surface area contributed by atoms with E-state index in [1.54, 1.807) is 0 Å². The van der Waals surface area contributed by atoms with E-state index in [4.69, 9.17) is 4.74 Å². The molecule has 0 bridgehead atoms. The van der Waals surface area contributed by atoms with Crippen molar-refractivity contribution in [2.24, 2.45) is 0 Å². The van der Waals surface area contributed by atoms with Gasteiger partial charge < -0.3 is 16.5 Å². The van der Waals surface area contributed by atoms with Crippen LogP contribution in [0.25, 0.3) is 0 Å². The maximum absolute atomic E-state index is 6.12. The van der Waals surface area contributed by atoms with Crippen molar-refractivity contribution in [3.63, 3.8) is 0 Å². The summed E-state index contributed by atoms with van der Waals surface area (Å²) in [6.07, 6.45) is 4.44. The number of hydrogen-bond donors (Lipinski definition) is 1. The first-order valence-corrected chi connectivity index (χ1v) is 12.4. The summed E-state index contributed by atoms with van der Waals surface area (Å²) in [6, 6.07) is 29.3. The van der Waals surface area contributed by atoms with E-state index in [9.17, 15) is 0 Å². The van der Waals surface area contributed by atoms with E-state index in [-0.39, 0.29) is 38.3 Å². The third-order valence-corrected chi connectivity index (χ3v) is 5.91. The van der Waals surface area contributed by atoms with E-state index in [0.717, 1.165) is 31.7 Å². The van der Waals surface area contributed by atoms with Gasteiger partial charge in [-0.1, -0.05) is 50.2 Å². The average molecular weight is 531 g/mol. The topological polar surface area (TPSA) is 21.3 Å². The van der Waals surface area contributed by atoms with Gasteiger partial charge in [0, 0.05) is 32.7 Å². The minimum absolute atomic E-state index is 0. The Morgan fingerprint density at radius 1 is 0.912 bits per heavy atom. The van der Waals surface area contributed by atoms with Crippen LogP contribution < -0.4 is 10.1 Å². The van der Waals surface area contributed by atoms with Crippen molar-refractivity contribution in [1.82, 2.24) is 5.32 Å². The van der Waals surface area contributed by atoms with Crippen molar-refractivity contribution in [1.29, 1.82) is 0 Å². The van der Waals surface area contributed by atoms with Gasteiger partial charge in [0.25, 0.3) is 0 Å². The zero-order valence-corrected chi connectivity index (χ0v) is 24.3. The molecule has 34 heavy (non-hydrogen) atoms. The predicted octanol–water partition coefficient (Wildman–Crippen LogP) is 7.34. The van der Waals surface area contributed by atoms with Gasteiger partial charge >= 0.3 is 0 Å². The van der Waals surface area contributed by atoms with Crippen LogP contribution >= 0.6 is 0 Å². The number of benzene rings is 3. The fraction of sp³-hybridized carbons (Fsp3) is 0.387. The molecule has 2 nitrogen and oxygen atoms in total. The smallest absolute Gasteiger partial charge is 0.120 e. The molecular weight excluding hydrogens is 491 g/mol. The maximum atomic E-state index is 6.12. The fourth-order valence-corrected chi connectivity index (χ4v) is 4.44. The summed E-state index contributed by atoms with van der Waals surface area (Å²) in [6.45, 7) is 12.5. The molecule has 2 atom stereocenters. The number of rotatable bonds is 3. The normalized spacial score (nSPS) is 18.4. The van der Waals surface area contributed by atoms with Crippen LogP contribution in [0.5, 0.6) is 5.75 Å². The first-order valence-electron chi connectivity index (χ1n) is 12.4. The van der Waals surface area contributed by atoms with E-state index < -0.39 is 0 Å². The molecule has 1 fully saturated rings. The molecule has 1 N–H and O–H groups in total. The third-order valence-electron chi connectivity index (χ3n) is 5.91. The average Bonchev–Trinajstić information content (AvgIpc) is 2.78. The predicted molar refractivity (Wildman–Crippen MR) is 140 cm³/mol. The van der Waals surface area contributed by atoms with Crippen LogP contribution in [0.3, 0.4) is 0 Å². The molecule has 1 saturated heterocycles. The molecule has 3 aromatic rings. The molecule has 0 spiro atoms. The standard InChI is InChI=1S/C26H27O.C3H6N.C2H6.Y/c1-26(2,3)27-22-15-17-24-21(18-22)14-16-23(19-10-6-4-7-11-19)25(24)20-12-8-5-9-13-20;1-2-4-3-1;1-2;/h4,6-13,15,17-18,23,25H,14,16H2,1-3H3;1,4H,2-3H2;1-2H3;/q2*-1;;. The molecule has 3 heteroatoms. The monoisotopic (exact) mass is 530 g/mol. The first kappa shape index (κ1) is 28.8. The van der Waals surface area contributed by atoms with Gasteiger partial charge in [0.05, 0.1) is 0 Å². The van der Waals surface area contributed by atoms with Gasteiger partial charge in [0.1, 0.15) is 11.4 Å². The molecule has 0 saturated carbocycles. The quantitative estimate of drug-likeness (QED) is 0.358. The van der Waals surface area contributed by atoms with Crippen molar-refractivity contribution in [3.8, 4) is 5.75 Å². The molecule has 3 aromatic carbocycles. The van der Waals surface area contributed by atoms with Gasteiger partial charge in [-0.05, 0) is 74.3 Å². The number of aryl methyl sites for hydroxylation is 1. The number of nitrogens with one attached hydrogen (secondary N) is 1. The van der Waals surface area contributed by atoms with Crippen molar-refractivity contribution in [2.45, 2.75) is 64.9 Å². The van der Waals surface area contributed by atoms with E-state index in [1.165, 1.54) is 22.3 Å². The SMILES string of the molecule is CC.CC(C)(C)Oc1ccc2c(c1)CCC(c1ccccc1)C2c1cc[c-]cc1.[CH-]1CNC1.[Y]. The Bertz CT molecular complexity index is 958. The van der Waals surface area contributed by atoms with Crippen molar-refractivity contribution in [2.75, 3.05) is 13.1 Å². The van der Waals surface area contributed by atoms with Crippen LogP contribution in [0.2, 0.25) is 0 Å². The Labute approximate surface area is 232 Å². The molecular formula is C31H39NOY-2. The van der Waals surface area contributed by atoms with E-state index >= 15 is 0 Å². The molecule has 0 amide bonds. The summed E-state index contributed by atoms with van der Waals surface area (Å²) in [5, 5.41) is 3.06. The largest absolute Gasteiger partial charge is 0.488 e. The van der Waals surface area contributed by atoms with Gasteiger partial charge in [0.2, 0.25) is 0 Å². The first-order chi connectivity index (χ1) is 16.0. The Morgan fingerprint density at radius 2 is 1.53 bits per heavy atom. The number of hydrogen-bond acceptors (Lipinski definition) is 2. The number of ether oxygens (including phenoxy) is 1. The Hall–Kier alpha value is -1.48. The van der Waals surface area contributed by atoms with E-state index in [0.29, 0.717) is 11.8 Å². The van der Waals surface area contributed by atoms with Crippen LogP contribution in [-0.2, 0) is 39.1 Å². The van der Waals surface area contributed by atoms with Gasteiger partial charge in [-0.15, -0.1) is 18.7 Å². The minimum Gasteiger partial charge on any atom is -0.488 e. The van der Waals surface area contributed by atoms with Crippen LogP contribution in [0, 0.1) is 12.5 Å². The Kier molecular flexibility index (Phi) is 12.0. The molecule has 2 unspecified atom stereocenters. The van der Waals surface area contributed by atoms with Crippen LogP contribution in [-0.4, -0.2) is 18.7 Å². The molecule has 1 aliphatic carbocycles. The zero-order valence-electron chi connectivity index (χ0n) is 21.5. The van der Waals surface area contributed by atoms with Crippen molar-refractivity contribution in [3.05, 3.63) is 108 Å². The van der Waals surface area contributed by atoms with E-state index in [1.807, 2.05) is 26.0 Å². The van der Waals surface area contributed by atoms with Crippen LogP contribution in [0.4, 0.5) is 0 Å². The summed E-state index contributed by atoms with van der Waals surface area (Å²) in [4.78, 5) is 0. The summed E-state index contributed by atoms with van der Waals surface area (Å²) < 4.78 is 6.12. The van der Waals surface area contributed by atoms with Gasteiger partial charge in [-0.2, -0.15) is 30.3 Å². The Morgan fingerprint density at radius 3 is 2.09 bits per heavy atom. The second-order valence-electron chi connectivity index (χ2n) is 9.39. The van der Waals surface area contributed by atoms with Gasteiger partial charge in [-0.3, -0.25) is 0 Å². The third kappa shape index (κ3) is 8.04. The molecule has 1 aliphatic heterocycles. The molecule has 179 valence electrons. The Balaban J connectivity index is 0.000000519.